The standard InChI is InChI=1S/C19H29N3O3.C18H31ClO/c1-12(2)11-21-16-10-13-9-15(13)17(16)18(20)19(24)22-5-3-14(4-6-22)25-8-7-23;1-6-9-12-16(14-15(4)5)20-18(11-8-3)17(19)13-10-7-2/h13-15,23H,1,3-11,20H2,2H3;7,10-11,13,15-16H,6,8-9,12,14H2,1-5H3/b18-17-,21-16?;10-7-,17-13+,18-11-. The van der Waals surface area contributed by atoms with Crippen molar-refractivity contribution in [1.82, 2.24) is 4.90 Å². The number of unbranched alkanes of at least 4 members (excludes halogenated alkanes) is 1. The minimum atomic E-state index is -0.0637. The first-order valence-electron chi connectivity index (χ1n) is 17.1. The van der Waals surface area contributed by atoms with Crippen LogP contribution in [0.1, 0.15) is 99.3 Å². The summed E-state index contributed by atoms with van der Waals surface area (Å²) in [6.45, 7) is 18.9. The number of carbonyl (C=O) groups excluding carboxylic acids is 1. The third kappa shape index (κ3) is 13.5. The highest BCUT2D eigenvalue weighted by atomic mass is 35.5. The van der Waals surface area contributed by atoms with E-state index in [2.05, 4.69) is 45.3 Å². The van der Waals surface area contributed by atoms with E-state index in [1.807, 2.05) is 37.0 Å². The van der Waals surface area contributed by atoms with Crippen LogP contribution >= 0.6 is 11.6 Å². The van der Waals surface area contributed by atoms with Gasteiger partial charge in [-0.1, -0.05) is 76.4 Å². The Kier molecular flexibility index (Phi) is 17.9. The molecule has 3 unspecified atom stereocenters. The van der Waals surface area contributed by atoms with Crippen LogP contribution in [-0.2, 0) is 14.3 Å². The lowest BCUT2D eigenvalue weighted by Gasteiger charge is -2.32. The number of likely N-dealkylation sites (tertiary alicyclic amines) is 1. The lowest BCUT2D eigenvalue weighted by molar-refractivity contribution is -0.130. The van der Waals surface area contributed by atoms with Crippen LogP contribution in [0.15, 0.2) is 63.5 Å². The second kappa shape index (κ2) is 20.7. The number of hydrogen-bond donors (Lipinski definition) is 2. The number of aliphatic imine (C=N–C) groups is 1. The van der Waals surface area contributed by atoms with E-state index in [1.54, 1.807) is 0 Å². The van der Waals surface area contributed by atoms with E-state index < -0.39 is 0 Å². The molecule has 1 saturated heterocycles. The van der Waals surface area contributed by atoms with Gasteiger partial charge in [0, 0.05) is 24.4 Å². The quantitative estimate of drug-likeness (QED) is 0.0771. The Labute approximate surface area is 278 Å². The number of nitrogens with zero attached hydrogens (tertiary/aromatic N) is 2. The average Bonchev–Trinajstić information content (AvgIpc) is 3.69. The van der Waals surface area contributed by atoms with E-state index in [1.165, 1.54) is 12.8 Å². The number of carbonyl (C=O) groups is 1. The number of amides is 1. The first-order chi connectivity index (χ1) is 21.6. The fourth-order valence-electron chi connectivity index (χ4n) is 5.88. The fourth-order valence-corrected chi connectivity index (χ4v) is 6.07. The van der Waals surface area contributed by atoms with Gasteiger partial charge in [0.05, 0.1) is 37.0 Å². The van der Waals surface area contributed by atoms with Gasteiger partial charge < -0.3 is 25.2 Å². The molecule has 0 spiro atoms. The molecule has 45 heavy (non-hydrogen) atoms. The second-order valence-corrected chi connectivity index (χ2v) is 13.4. The number of halogens is 1. The van der Waals surface area contributed by atoms with Crippen molar-refractivity contribution >= 4 is 23.2 Å². The van der Waals surface area contributed by atoms with Gasteiger partial charge in [-0.25, -0.2) is 0 Å². The maximum Gasteiger partial charge on any atom is 0.270 e. The molecule has 3 aliphatic rings. The number of rotatable bonds is 16. The molecule has 0 bridgehead atoms. The van der Waals surface area contributed by atoms with Crippen LogP contribution in [0, 0.1) is 17.8 Å². The third-order valence-electron chi connectivity index (χ3n) is 8.26. The van der Waals surface area contributed by atoms with Crippen molar-refractivity contribution in [2.45, 2.75) is 112 Å². The molecule has 8 heteroatoms. The molecule has 0 aromatic heterocycles. The number of nitrogens with two attached hydrogens (primary N) is 1. The summed E-state index contributed by atoms with van der Waals surface area (Å²) in [5, 5.41) is 9.52. The van der Waals surface area contributed by atoms with Gasteiger partial charge in [0.25, 0.3) is 5.91 Å². The first kappa shape index (κ1) is 38.8. The van der Waals surface area contributed by atoms with Crippen molar-refractivity contribution in [3.05, 3.63) is 58.5 Å². The Morgan fingerprint density at radius 1 is 1.27 bits per heavy atom. The summed E-state index contributed by atoms with van der Waals surface area (Å²) in [4.78, 5) is 19.3. The summed E-state index contributed by atoms with van der Waals surface area (Å²) < 4.78 is 11.7. The molecule has 3 atom stereocenters. The molecule has 254 valence electrons. The van der Waals surface area contributed by atoms with Crippen molar-refractivity contribution in [2.24, 2.45) is 28.5 Å². The topological polar surface area (TPSA) is 97.4 Å². The highest BCUT2D eigenvalue weighted by molar-refractivity contribution is 6.31. The van der Waals surface area contributed by atoms with Gasteiger partial charge in [0.15, 0.2) is 0 Å². The second-order valence-electron chi connectivity index (χ2n) is 13.0. The molecule has 1 aliphatic heterocycles. The predicted octanol–water partition coefficient (Wildman–Crippen LogP) is 7.86. The highest BCUT2D eigenvalue weighted by Crippen LogP contribution is 2.54. The summed E-state index contributed by atoms with van der Waals surface area (Å²) >= 11 is 6.34. The number of allylic oxidation sites excluding steroid dienone is 6. The Bertz CT molecular complexity index is 1100. The Hall–Kier alpha value is -2.35. The average molecular weight is 646 g/mol. The summed E-state index contributed by atoms with van der Waals surface area (Å²) in [7, 11) is 0. The van der Waals surface area contributed by atoms with E-state index in [9.17, 15) is 4.79 Å². The van der Waals surface area contributed by atoms with Crippen LogP contribution in [0.3, 0.4) is 0 Å². The lowest BCUT2D eigenvalue weighted by Crippen LogP contribution is -2.43. The molecule has 0 aromatic carbocycles. The zero-order chi connectivity index (χ0) is 33.4. The van der Waals surface area contributed by atoms with Gasteiger partial charge in [0.1, 0.15) is 11.5 Å². The van der Waals surface area contributed by atoms with Crippen LogP contribution in [-0.4, -0.2) is 66.7 Å². The number of hydrogen-bond acceptors (Lipinski definition) is 6. The molecule has 1 amide bonds. The van der Waals surface area contributed by atoms with Crippen molar-refractivity contribution in [1.29, 1.82) is 0 Å². The monoisotopic (exact) mass is 645 g/mol. The molecule has 7 nitrogen and oxygen atoms in total. The zero-order valence-corrected chi connectivity index (χ0v) is 29.6. The van der Waals surface area contributed by atoms with E-state index >= 15 is 0 Å². The summed E-state index contributed by atoms with van der Waals surface area (Å²) in [6.07, 6.45) is 17.4. The van der Waals surface area contributed by atoms with Crippen LogP contribution in [0.25, 0.3) is 0 Å². The molecular weight excluding hydrogens is 586 g/mol. The molecule has 3 N–H and O–H groups in total. The van der Waals surface area contributed by atoms with Gasteiger partial charge in [-0.15, -0.1) is 0 Å². The van der Waals surface area contributed by atoms with Crippen LogP contribution in [0.4, 0.5) is 0 Å². The van der Waals surface area contributed by atoms with Gasteiger partial charge in [-0.05, 0) is 88.7 Å². The van der Waals surface area contributed by atoms with Gasteiger partial charge in [0.2, 0.25) is 0 Å². The van der Waals surface area contributed by atoms with Crippen LogP contribution in [0.5, 0.6) is 0 Å². The molecule has 3 rings (SSSR count). The lowest BCUT2D eigenvalue weighted by atomic mass is 10.0. The predicted molar refractivity (Wildman–Crippen MR) is 188 cm³/mol. The SMILES string of the molecule is C=C(C)CN=C1CC2CC2/C1=C(/N)C(=O)N1CCC(OCCO)CC1.C\C=C/C=C(Cl)\C(=C\CC)OC(CCCC)CC(C)C. The van der Waals surface area contributed by atoms with Gasteiger partial charge in [-0.3, -0.25) is 9.79 Å². The van der Waals surface area contributed by atoms with Crippen molar-refractivity contribution in [2.75, 3.05) is 32.8 Å². The summed E-state index contributed by atoms with van der Waals surface area (Å²) in [5.74, 6) is 2.46. The van der Waals surface area contributed by atoms with Gasteiger partial charge in [-0.2, -0.15) is 0 Å². The van der Waals surface area contributed by atoms with Crippen LogP contribution in [0.2, 0.25) is 0 Å². The highest BCUT2D eigenvalue weighted by Gasteiger charge is 2.50. The molecule has 1 heterocycles. The maximum absolute atomic E-state index is 12.8. The Morgan fingerprint density at radius 3 is 2.56 bits per heavy atom. The third-order valence-corrected chi connectivity index (χ3v) is 8.57. The minimum absolute atomic E-state index is 0.0348. The molecule has 2 saturated carbocycles. The molecule has 3 fully saturated rings. The van der Waals surface area contributed by atoms with E-state index in [0.717, 1.165) is 67.6 Å². The normalized spacial score (nSPS) is 23.2. The minimum Gasteiger partial charge on any atom is -0.489 e. The van der Waals surface area contributed by atoms with Crippen molar-refractivity contribution < 1.29 is 19.4 Å². The molecular formula is C37H60ClN3O4. The number of piperidine rings is 1. The molecule has 0 radical (unpaired) electrons. The van der Waals surface area contributed by atoms with Crippen molar-refractivity contribution in [3.8, 4) is 0 Å². The molecule has 0 aromatic rings. The van der Waals surface area contributed by atoms with Crippen LogP contribution < -0.4 is 5.73 Å². The number of aliphatic hydroxyl groups excluding tert-OH is 1. The fraction of sp³-hybridized carbons (Fsp3) is 0.676. The first-order valence-corrected chi connectivity index (χ1v) is 17.5. The number of fused-ring (bicyclic) bond motifs is 1. The summed E-state index contributed by atoms with van der Waals surface area (Å²) in [5.41, 5.74) is 9.71. The van der Waals surface area contributed by atoms with E-state index in [0.29, 0.717) is 54.7 Å². The van der Waals surface area contributed by atoms with E-state index in [4.69, 9.17) is 31.9 Å². The zero-order valence-electron chi connectivity index (χ0n) is 28.8. The Morgan fingerprint density at radius 2 is 1.98 bits per heavy atom. The van der Waals surface area contributed by atoms with Crippen molar-refractivity contribution in [3.63, 3.8) is 0 Å². The van der Waals surface area contributed by atoms with Gasteiger partial charge >= 0.3 is 0 Å². The Balaban J connectivity index is 0.000000324. The smallest absolute Gasteiger partial charge is 0.270 e. The number of ether oxygens (including phenoxy) is 2. The van der Waals surface area contributed by atoms with E-state index in [-0.39, 0.29) is 24.7 Å². The summed E-state index contributed by atoms with van der Waals surface area (Å²) in [6, 6.07) is 0. The largest absolute Gasteiger partial charge is 0.489 e. The molecule has 2 aliphatic carbocycles. The maximum atomic E-state index is 12.8. The number of aliphatic hydroxyl groups is 1.